The molecule has 0 saturated heterocycles. The lowest BCUT2D eigenvalue weighted by Crippen LogP contribution is -2.50. The molecule has 0 aromatic heterocycles. The highest BCUT2D eigenvalue weighted by Crippen LogP contribution is 2.71. The third kappa shape index (κ3) is 1.56. The molecular formula is C10H15NO4. The predicted octanol–water partition coefficient (Wildman–Crippen LogP) is 0.984. The Labute approximate surface area is 87.8 Å². The van der Waals surface area contributed by atoms with Crippen LogP contribution in [-0.2, 0) is 9.53 Å². The summed E-state index contributed by atoms with van der Waals surface area (Å²) in [5, 5.41) is 11.4. The molecule has 5 nitrogen and oxygen atoms in total. The van der Waals surface area contributed by atoms with E-state index >= 15 is 0 Å². The molecule has 84 valence electrons. The molecule has 15 heavy (non-hydrogen) atoms. The lowest BCUT2D eigenvalue weighted by Gasteiger charge is -2.24. The second-order valence-electron chi connectivity index (χ2n) is 5.25. The molecule has 2 saturated carbocycles. The summed E-state index contributed by atoms with van der Waals surface area (Å²) < 4.78 is 5.02. The molecule has 0 radical (unpaired) electrons. The zero-order chi connectivity index (χ0) is 11.4. The van der Waals surface area contributed by atoms with E-state index in [1.165, 1.54) is 0 Å². The lowest BCUT2D eigenvalue weighted by atomic mass is 10.1. The van der Waals surface area contributed by atoms with Gasteiger partial charge in [0.15, 0.2) is 0 Å². The quantitative estimate of drug-likeness (QED) is 0.717. The zero-order valence-electron chi connectivity index (χ0n) is 9.03. The van der Waals surface area contributed by atoms with E-state index in [0.29, 0.717) is 0 Å². The number of hydrogen-bond acceptors (Lipinski definition) is 3. The Balaban J connectivity index is 1.92. The van der Waals surface area contributed by atoms with Gasteiger partial charge in [-0.3, -0.25) is 0 Å². The van der Waals surface area contributed by atoms with Gasteiger partial charge in [0, 0.05) is 0 Å². The maximum atomic E-state index is 11.4. The van der Waals surface area contributed by atoms with Crippen LogP contribution < -0.4 is 5.32 Å². The number of carbonyl (C=O) groups is 2. The number of aliphatic carboxylic acids is 1. The average molecular weight is 213 g/mol. The summed E-state index contributed by atoms with van der Waals surface area (Å²) in [6, 6.07) is 0. The van der Waals surface area contributed by atoms with Crippen molar-refractivity contribution < 1.29 is 19.4 Å². The van der Waals surface area contributed by atoms with Gasteiger partial charge in [-0.1, -0.05) is 0 Å². The number of carbonyl (C=O) groups excluding carboxylic acids is 1. The first-order valence-corrected chi connectivity index (χ1v) is 5.02. The number of amides is 1. The van der Waals surface area contributed by atoms with Crippen molar-refractivity contribution in [1.29, 1.82) is 0 Å². The van der Waals surface area contributed by atoms with Gasteiger partial charge in [0.05, 0.1) is 0 Å². The van der Waals surface area contributed by atoms with Crippen LogP contribution in [0.5, 0.6) is 0 Å². The maximum Gasteiger partial charge on any atom is 0.408 e. The Morgan fingerprint density at radius 2 is 1.93 bits per heavy atom. The van der Waals surface area contributed by atoms with Crippen molar-refractivity contribution in [2.24, 2.45) is 11.8 Å². The van der Waals surface area contributed by atoms with Crippen LogP contribution in [0.4, 0.5) is 4.79 Å². The van der Waals surface area contributed by atoms with Crippen molar-refractivity contribution in [2.45, 2.75) is 38.3 Å². The van der Waals surface area contributed by atoms with E-state index in [1.807, 2.05) is 0 Å². The monoisotopic (exact) mass is 213 g/mol. The smallest absolute Gasteiger partial charge is 0.408 e. The van der Waals surface area contributed by atoms with Gasteiger partial charge in [0.2, 0.25) is 0 Å². The normalized spacial score (nSPS) is 36.5. The summed E-state index contributed by atoms with van der Waals surface area (Å²) in [5.41, 5.74) is -1.61. The van der Waals surface area contributed by atoms with Crippen molar-refractivity contribution >= 4 is 12.1 Å². The van der Waals surface area contributed by atoms with Gasteiger partial charge in [-0.15, -0.1) is 0 Å². The van der Waals surface area contributed by atoms with Crippen LogP contribution in [-0.4, -0.2) is 28.3 Å². The number of nitrogens with one attached hydrogen (secondary N) is 1. The number of ether oxygens (including phenoxy) is 1. The summed E-state index contributed by atoms with van der Waals surface area (Å²) >= 11 is 0. The lowest BCUT2D eigenvalue weighted by molar-refractivity contribution is -0.142. The maximum absolute atomic E-state index is 11.4. The average Bonchev–Trinajstić information content (AvgIpc) is 2.81. The first kappa shape index (κ1) is 10.3. The molecule has 0 spiro atoms. The molecule has 2 fully saturated rings. The molecule has 3 atom stereocenters. The van der Waals surface area contributed by atoms with E-state index < -0.39 is 23.2 Å². The zero-order valence-corrected chi connectivity index (χ0v) is 9.03. The fourth-order valence-electron chi connectivity index (χ4n) is 1.97. The number of alkyl carbamates (subject to hydrolysis) is 1. The molecule has 0 aromatic carbocycles. The molecule has 0 bridgehead atoms. The van der Waals surface area contributed by atoms with E-state index in [-0.39, 0.29) is 11.8 Å². The SMILES string of the molecule is CC(C)(C)OC(=O)NC1(C(=O)O)C2C[C@H]21. The largest absolute Gasteiger partial charge is 0.479 e. The van der Waals surface area contributed by atoms with E-state index in [2.05, 4.69) is 5.32 Å². The van der Waals surface area contributed by atoms with Crippen molar-refractivity contribution in [3.8, 4) is 0 Å². The van der Waals surface area contributed by atoms with Gasteiger partial charge >= 0.3 is 12.1 Å². The molecule has 0 aliphatic heterocycles. The standard InChI is InChI=1S/C10H15NO4/c1-9(2,3)15-8(14)11-10(7(12)13)5-4-6(5)10/h5-6H,4H2,1-3H3,(H,11,14)(H,12,13)/t5-,6?,10?/m1/s1. The molecule has 2 aliphatic carbocycles. The Morgan fingerprint density at radius 1 is 1.40 bits per heavy atom. The van der Waals surface area contributed by atoms with Gasteiger partial charge in [0.1, 0.15) is 11.1 Å². The first-order valence-electron chi connectivity index (χ1n) is 5.02. The van der Waals surface area contributed by atoms with Crippen molar-refractivity contribution in [1.82, 2.24) is 5.32 Å². The van der Waals surface area contributed by atoms with Crippen molar-refractivity contribution in [3.05, 3.63) is 0 Å². The van der Waals surface area contributed by atoms with Crippen LogP contribution in [0.15, 0.2) is 0 Å². The minimum atomic E-state index is -1.01. The van der Waals surface area contributed by atoms with E-state index in [4.69, 9.17) is 9.84 Å². The number of rotatable bonds is 2. The number of hydrogen-bond donors (Lipinski definition) is 2. The number of carboxylic acids is 1. The highest BCUT2D eigenvalue weighted by Gasteiger charge is 2.82. The van der Waals surface area contributed by atoms with Crippen molar-refractivity contribution in [3.63, 3.8) is 0 Å². The van der Waals surface area contributed by atoms with E-state index in [9.17, 15) is 9.59 Å². The fourth-order valence-corrected chi connectivity index (χ4v) is 1.97. The predicted molar refractivity (Wildman–Crippen MR) is 51.3 cm³/mol. The third-order valence-electron chi connectivity index (χ3n) is 2.91. The first-order chi connectivity index (χ1) is 6.77. The van der Waals surface area contributed by atoms with Gasteiger partial charge in [0.25, 0.3) is 0 Å². The van der Waals surface area contributed by atoms with Crippen LogP contribution >= 0.6 is 0 Å². The van der Waals surface area contributed by atoms with E-state index in [0.717, 1.165) is 6.42 Å². The van der Waals surface area contributed by atoms with Gasteiger partial charge in [-0.25, -0.2) is 9.59 Å². The minimum absolute atomic E-state index is 0.127. The highest BCUT2D eigenvalue weighted by molar-refractivity contribution is 5.91. The molecule has 2 N–H and O–H groups in total. The molecule has 0 aromatic rings. The second-order valence-corrected chi connectivity index (χ2v) is 5.25. The van der Waals surface area contributed by atoms with Crippen LogP contribution in [0.3, 0.4) is 0 Å². The highest BCUT2D eigenvalue weighted by atomic mass is 16.6. The van der Waals surface area contributed by atoms with Crippen LogP contribution in [0.25, 0.3) is 0 Å². The molecular weight excluding hydrogens is 198 g/mol. The topological polar surface area (TPSA) is 75.6 Å². The summed E-state index contributed by atoms with van der Waals surface area (Å²) in [6.45, 7) is 5.23. The number of carboxylic acid groups (broad SMARTS) is 1. The Kier molecular flexibility index (Phi) is 1.81. The molecule has 1 amide bonds. The fraction of sp³-hybridized carbons (Fsp3) is 0.800. The Morgan fingerprint density at radius 3 is 2.20 bits per heavy atom. The summed E-state index contributed by atoms with van der Waals surface area (Å²) in [4.78, 5) is 22.3. The summed E-state index contributed by atoms with van der Waals surface area (Å²) in [6.07, 6.45) is 0.263. The van der Waals surface area contributed by atoms with Gasteiger partial charge < -0.3 is 15.2 Å². The Bertz CT molecular complexity index is 323. The van der Waals surface area contributed by atoms with Crippen molar-refractivity contribution in [2.75, 3.05) is 0 Å². The van der Waals surface area contributed by atoms with Crippen LogP contribution in [0, 0.1) is 11.8 Å². The van der Waals surface area contributed by atoms with Gasteiger partial charge in [-0.2, -0.15) is 0 Å². The molecule has 2 aliphatic rings. The minimum Gasteiger partial charge on any atom is -0.479 e. The van der Waals surface area contributed by atoms with E-state index in [1.54, 1.807) is 20.8 Å². The summed E-state index contributed by atoms with van der Waals surface area (Å²) in [5.74, 6) is -0.695. The Hall–Kier alpha value is -1.26. The van der Waals surface area contributed by atoms with Crippen LogP contribution in [0.2, 0.25) is 0 Å². The molecule has 2 rings (SSSR count). The van der Waals surface area contributed by atoms with Gasteiger partial charge in [-0.05, 0) is 39.0 Å². The number of fused-ring (bicyclic) bond motifs is 1. The molecule has 5 heteroatoms. The second kappa shape index (κ2) is 2.65. The third-order valence-corrected chi connectivity index (χ3v) is 2.91. The summed E-state index contributed by atoms with van der Waals surface area (Å²) in [7, 11) is 0. The van der Waals surface area contributed by atoms with Crippen LogP contribution in [0.1, 0.15) is 27.2 Å². The molecule has 2 unspecified atom stereocenters. The molecule has 0 heterocycles.